The molecule has 3 nitrogen and oxygen atoms in total. The lowest BCUT2D eigenvalue weighted by atomic mass is 9.96. The van der Waals surface area contributed by atoms with Crippen molar-refractivity contribution < 1.29 is 4.79 Å². The summed E-state index contributed by atoms with van der Waals surface area (Å²) in [6.45, 7) is 0. The molecule has 2 aromatic carbocycles. The van der Waals surface area contributed by atoms with Gasteiger partial charge in [-0.05, 0) is 23.8 Å². The van der Waals surface area contributed by atoms with Crippen LogP contribution in [0.4, 0.5) is 10.5 Å². The fourth-order valence-electron chi connectivity index (χ4n) is 2.16. The van der Waals surface area contributed by atoms with Crippen LogP contribution in [-0.2, 0) is 0 Å². The minimum absolute atomic E-state index is 0.159. The van der Waals surface area contributed by atoms with E-state index in [0.717, 1.165) is 16.8 Å². The molecule has 0 spiro atoms. The Hall–Kier alpha value is -2.00. The normalized spacial score (nSPS) is 17.6. The molecule has 0 saturated heterocycles. The Morgan fingerprint density at radius 3 is 2.61 bits per heavy atom. The van der Waals surface area contributed by atoms with Crippen LogP contribution in [0.3, 0.4) is 0 Å². The van der Waals surface area contributed by atoms with Gasteiger partial charge in [0.2, 0.25) is 0 Å². The third kappa shape index (κ3) is 1.93. The molecule has 0 bridgehead atoms. The molecule has 18 heavy (non-hydrogen) atoms. The van der Waals surface area contributed by atoms with Gasteiger partial charge in [0.25, 0.3) is 0 Å². The second kappa shape index (κ2) is 4.35. The van der Waals surface area contributed by atoms with E-state index in [2.05, 4.69) is 10.6 Å². The minimum atomic E-state index is -0.196. The Morgan fingerprint density at radius 2 is 1.83 bits per heavy atom. The highest BCUT2D eigenvalue weighted by atomic mass is 35.5. The van der Waals surface area contributed by atoms with Gasteiger partial charge < -0.3 is 10.6 Å². The van der Waals surface area contributed by atoms with Crippen LogP contribution in [0.25, 0.3) is 0 Å². The number of fused-ring (bicyclic) bond motifs is 1. The maximum atomic E-state index is 11.6. The van der Waals surface area contributed by atoms with Gasteiger partial charge in [0, 0.05) is 16.3 Å². The monoisotopic (exact) mass is 258 g/mol. The van der Waals surface area contributed by atoms with Crippen molar-refractivity contribution in [3.63, 3.8) is 0 Å². The van der Waals surface area contributed by atoms with Crippen LogP contribution < -0.4 is 10.6 Å². The number of hydrogen-bond donors (Lipinski definition) is 2. The standard InChI is InChI=1S/C14H11ClN2O/c15-10-6-7-12-11(8-10)13(17-14(18)16-12)9-4-2-1-3-5-9/h1-8,13H,(H2,16,17,18)/t13-/m1/s1. The summed E-state index contributed by atoms with van der Waals surface area (Å²) in [6.07, 6.45) is 0. The first-order valence-electron chi connectivity index (χ1n) is 5.66. The Morgan fingerprint density at radius 1 is 1.06 bits per heavy atom. The third-order valence-electron chi connectivity index (χ3n) is 2.98. The lowest BCUT2D eigenvalue weighted by Crippen LogP contribution is -2.38. The maximum Gasteiger partial charge on any atom is 0.320 e. The lowest BCUT2D eigenvalue weighted by molar-refractivity contribution is 0.249. The number of hydrogen-bond acceptors (Lipinski definition) is 1. The highest BCUT2D eigenvalue weighted by Gasteiger charge is 2.25. The Bertz CT molecular complexity index is 598. The number of carbonyl (C=O) groups excluding carboxylic acids is 1. The fourth-order valence-corrected chi connectivity index (χ4v) is 2.34. The third-order valence-corrected chi connectivity index (χ3v) is 3.22. The molecule has 0 unspecified atom stereocenters. The molecule has 1 atom stereocenters. The molecule has 3 rings (SSSR count). The molecule has 1 aliphatic rings. The SMILES string of the molecule is O=C1Nc2ccc(Cl)cc2[C@@H](c2ccccc2)N1. The van der Waals surface area contributed by atoms with Crippen molar-refractivity contribution in [2.45, 2.75) is 6.04 Å². The Kier molecular flexibility index (Phi) is 2.68. The first-order valence-corrected chi connectivity index (χ1v) is 6.04. The van der Waals surface area contributed by atoms with Gasteiger partial charge in [0.1, 0.15) is 0 Å². The first kappa shape index (κ1) is 11.1. The number of anilines is 1. The maximum absolute atomic E-state index is 11.6. The molecular weight excluding hydrogens is 248 g/mol. The highest BCUT2D eigenvalue weighted by molar-refractivity contribution is 6.30. The summed E-state index contributed by atoms with van der Waals surface area (Å²) in [5, 5.41) is 6.35. The molecule has 0 fully saturated rings. The van der Waals surface area contributed by atoms with Crippen LogP contribution in [0, 0.1) is 0 Å². The summed E-state index contributed by atoms with van der Waals surface area (Å²) >= 11 is 6.03. The van der Waals surface area contributed by atoms with Crippen molar-refractivity contribution in [2.75, 3.05) is 5.32 Å². The minimum Gasteiger partial charge on any atom is -0.327 e. The van der Waals surface area contributed by atoms with Gasteiger partial charge in [-0.1, -0.05) is 41.9 Å². The molecule has 90 valence electrons. The average Bonchev–Trinajstić information content (AvgIpc) is 2.39. The number of amides is 2. The number of halogens is 1. The summed E-state index contributed by atoms with van der Waals surface area (Å²) < 4.78 is 0. The predicted octanol–water partition coefficient (Wildman–Crippen LogP) is 3.56. The van der Waals surface area contributed by atoms with E-state index >= 15 is 0 Å². The molecule has 2 aromatic rings. The van der Waals surface area contributed by atoms with E-state index < -0.39 is 0 Å². The summed E-state index contributed by atoms with van der Waals surface area (Å²) in [5.41, 5.74) is 2.82. The van der Waals surface area contributed by atoms with E-state index in [1.54, 1.807) is 6.07 Å². The first-order chi connectivity index (χ1) is 8.74. The van der Waals surface area contributed by atoms with Crippen molar-refractivity contribution in [1.82, 2.24) is 5.32 Å². The molecule has 2 N–H and O–H groups in total. The topological polar surface area (TPSA) is 41.1 Å². The second-order valence-electron chi connectivity index (χ2n) is 4.17. The van der Waals surface area contributed by atoms with Crippen molar-refractivity contribution in [3.05, 3.63) is 64.7 Å². The summed E-state index contributed by atoms with van der Waals surface area (Å²) in [6, 6.07) is 14.9. The van der Waals surface area contributed by atoms with Gasteiger partial charge in [0.15, 0.2) is 0 Å². The molecule has 0 aromatic heterocycles. The van der Waals surface area contributed by atoms with Crippen LogP contribution in [0.2, 0.25) is 5.02 Å². The van der Waals surface area contributed by atoms with Crippen LogP contribution in [-0.4, -0.2) is 6.03 Å². The van der Waals surface area contributed by atoms with E-state index in [4.69, 9.17) is 11.6 Å². The van der Waals surface area contributed by atoms with Gasteiger partial charge in [-0.25, -0.2) is 4.79 Å². The number of benzene rings is 2. The summed E-state index contributed by atoms with van der Waals surface area (Å²) in [5.74, 6) is 0. The molecule has 2 amide bonds. The van der Waals surface area contributed by atoms with Crippen molar-refractivity contribution in [3.8, 4) is 0 Å². The number of carbonyl (C=O) groups is 1. The largest absolute Gasteiger partial charge is 0.327 e. The fraction of sp³-hybridized carbons (Fsp3) is 0.0714. The molecule has 1 heterocycles. The molecule has 4 heteroatoms. The highest BCUT2D eigenvalue weighted by Crippen LogP contribution is 2.33. The lowest BCUT2D eigenvalue weighted by Gasteiger charge is -2.27. The van der Waals surface area contributed by atoms with E-state index in [0.29, 0.717) is 5.02 Å². The van der Waals surface area contributed by atoms with Crippen LogP contribution in [0.5, 0.6) is 0 Å². The predicted molar refractivity (Wildman–Crippen MR) is 71.9 cm³/mol. The Balaban J connectivity index is 2.12. The smallest absolute Gasteiger partial charge is 0.320 e. The number of nitrogens with one attached hydrogen (secondary N) is 2. The van der Waals surface area contributed by atoms with Crippen LogP contribution in [0.1, 0.15) is 17.2 Å². The van der Waals surface area contributed by atoms with Crippen LogP contribution in [0.15, 0.2) is 48.5 Å². The summed E-state index contributed by atoms with van der Waals surface area (Å²) in [7, 11) is 0. The number of urea groups is 1. The summed E-state index contributed by atoms with van der Waals surface area (Å²) in [4.78, 5) is 11.6. The Labute approximate surface area is 110 Å². The zero-order valence-electron chi connectivity index (χ0n) is 9.48. The van der Waals surface area contributed by atoms with Crippen molar-refractivity contribution in [2.24, 2.45) is 0 Å². The van der Waals surface area contributed by atoms with E-state index in [1.807, 2.05) is 42.5 Å². The van der Waals surface area contributed by atoms with Crippen molar-refractivity contribution in [1.29, 1.82) is 0 Å². The quantitative estimate of drug-likeness (QED) is 0.807. The molecular formula is C14H11ClN2O. The van der Waals surface area contributed by atoms with E-state index in [9.17, 15) is 4.79 Å². The van der Waals surface area contributed by atoms with Gasteiger partial charge in [0.05, 0.1) is 6.04 Å². The molecule has 0 saturated carbocycles. The second-order valence-corrected chi connectivity index (χ2v) is 4.61. The van der Waals surface area contributed by atoms with Gasteiger partial charge >= 0.3 is 6.03 Å². The number of rotatable bonds is 1. The average molecular weight is 259 g/mol. The van der Waals surface area contributed by atoms with Gasteiger partial charge in [-0.2, -0.15) is 0 Å². The molecule has 1 aliphatic heterocycles. The molecule has 0 aliphatic carbocycles. The molecule has 0 radical (unpaired) electrons. The van der Waals surface area contributed by atoms with E-state index in [1.165, 1.54) is 0 Å². The van der Waals surface area contributed by atoms with E-state index in [-0.39, 0.29) is 12.1 Å². The van der Waals surface area contributed by atoms with Crippen molar-refractivity contribution >= 4 is 23.3 Å². The zero-order chi connectivity index (χ0) is 12.5. The van der Waals surface area contributed by atoms with Crippen LogP contribution >= 0.6 is 11.6 Å². The zero-order valence-corrected chi connectivity index (χ0v) is 10.2. The van der Waals surface area contributed by atoms with Gasteiger partial charge in [-0.15, -0.1) is 0 Å². The van der Waals surface area contributed by atoms with Gasteiger partial charge in [-0.3, -0.25) is 0 Å².